The first-order chi connectivity index (χ1) is 9.54. The molecule has 7 heteroatoms. The highest BCUT2D eigenvalue weighted by molar-refractivity contribution is 14.1. The summed E-state index contributed by atoms with van der Waals surface area (Å²) in [5, 5.41) is 9.82. The minimum atomic E-state index is -1.20. The van der Waals surface area contributed by atoms with Crippen LogP contribution in [0, 0.1) is 3.57 Å². The van der Waals surface area contributed by atoms with Gasteiger partial charge in [-0.05, 0) is 64.8 Å². The fourth-order valence-corrected chi connectivity index (χ4v) is 2.54. The third-order valence-electron chi connectivity index (χ3n) is 2.65. The van der Waals surface area contributed by atoms with Gasteiger partial charge in [-0.15, -0.1) is 0 Å². The largest absolute Gasteiger partial charge is 0.382 e. The average Bonchev–Trinajstić information content (AvgIpc) is 2.45. The number of anilines is 1. The van der Waals surface area contributed by atoms with E-state index in [1.165, 1.54) is 0 Å². The fourth-order valence-electron chi connectivity index (χ4n) is 1.46. The van der Waals surface area contributed by atoms with Gasteiger partial charge in [-0.25, -0.2) is 0 Å². The van der Waals surface area contributed by atoms with Crippen LogP contribution in [0.5, 0.6) is 0 Å². The van der Waals surface area contributed by atoms with E-state index in [9.17, 15) is 9.90 Å². The highest BCUT2D eigenvalue weighted by atomic mass is 127. The SMILES string of the molecule is CCSCCC(N)C(O)C(=O)NNc1ccc(I)cc1. The van der Waals surface area contributed by atoms with Crippen molar-refractivity contribution in [3.05, 3.63) is 27.8 Å². The van der Waals surface area contributed by atoms with Crippen LogP contribution in [-0.4, -0.2) is 34.7 Å². The maximum atomic E-state index is 11.7. The van der Waals surface area contributed by atoms with E-state index in [0.29, 0.717) is 6.42 Å². The number of nitrogens with two attached hydrogens (primary N) is 1. The van der Waals surface area contributed by atoms with Gasteiger partial charge in [-0.2, -0.15) is 11.8 Å². The van der Waals surface area contributed by atoms with E-state index in [1.807, 2.05) is 24.3 Å². The quantitative estimate of drug-likeness (QED) is 0.298. The van der Waals surface area contributed by atoms with Crippen LogP contribution in [0.2, 0.25) is 0 Å². The van der Waals surface area contributed by atoms with Gasteiger partial charge in [-0.3, -0.25) is 15.6 Å². The zero-order valence-electron chi connectivity index (χ0n) is 11.3. The zero-order valence-corrected chi connectivity index (χ0v) is 14.3. The van der Waals surface area contributed by atoms with E-state index < -0.39 is 18.1 Å². The van der Waals surface area contributed by atoms with Crippen molar-refractivity contribution < 1.29 is 9.90 Å². The molecule has 0 radical (unpaired) electrons. The Morgan fingerprint density at radius 1 is 1.45 bits per heavy atom. The third kappa shape index (κ3) is 6.29. The van der Waals surface area contributed by atoms with Crippen molar-refractivity contribution in [1.29, 1.82) is 0 Å². The summed E-state index contributed by atoms with van der Waals surface area (Å²) in [6.45, 7) is 2.06. The Bertz CT molecular complexity index is 417. The number of carbonyl (C=O) groups excluding carboxylic acids is 1. The molecular weight excluding hydrogens is 389 g/mol. The van der Waals surface area contributed by atoms with Crippen LogP contribution in [-0.2, 0) is 4.79 Å². The number of amides is 1. The predicted molar refractivity (Wildman–Crippen MR) is 92.5 cm³/mol. The Balaban J connectivity index is 2.35. The number of carbonyl (C=O) groups is 1. The summed E-state index contributed by atoms with van der Waals surface area (Å²) in [6, 6.07) is 6.96. The molecule has 0 saturated carbocycles. The minimum Gasteiger partial charge on any atom is -0.382 e. The first kappa shape index (κ1) is 17.5. The number of thioether (sulfide) groups is 1. The second-order valence-corrected chi connectivity index (χ2v) is 6.85. The maximum absolute atomic E-state index is 11.7. The molecule has 0 aliphatic carbocycles. The van der Waals surface area contributed by atoms with Gasteiger partial charge in [-0.1, -0.05) is 6.92 Å². The Kier molecular flexibility index (Phi) is 8.27. The molecule has 0 heterocycles. The van der Waals surface area contributed by atoms with Crippen molar-refractivity contribution in [2.45, 2.75) is 25.5 Å². The molecular formula is C13H20IN3O2S. The molecule has 0 spiro atoms. The van der Waals surface area contributed by atoms with Gasteiger partial charge >= 0.3 is 0 Å². The van der Waals surface area contributed by atoms with E-state index in [-0.39, 0.29) is 0 Å². The molecule has 1 rings (SSSR count). The molecule has 5 nitrogen and oxygen atoms in total. The molecule has 1 aromatic carbocycles. The molecule has 2 unspecified atom stereocenters. The first-order valence-corrected chi connectivity index (χ1v) is 8.60. The van der Waals surface area contributed by atoms with Crippen LogP contribution in [0.25, 0.3) is 0 Å². The van der Waals surface area contributed by atoms with E-state index in [0.717, 1.165) is 20.8 Å². The molecule has 2 atom stereocenters. The number of nitrogens with one attached hydrogen (secondary N) is 2. The maximum Gasteiger partial charge on any atom is 0.268 e. The van der Waals surface area contributed by atoms with Crippen molar-refractivity contribution in [3.8, 4) is 0 Å². The number of aliphatic hydroxyl groups excluding tert-OH is 1. The van der Waals surface area contributed by atoms with E-state index in [1.54, 1.807) is 11.8 Å². The summed E-state index contributed by atoms with van der Waals surface area (Å²) >= 11 is 3.94. The summed E-state index contributed by atoms with van der Waals surface area (Å²) in [5.74, 6) is 1.33. The Morgan fingerprint density at radius 3 is 2.70 bits per heavy atom. The van der Waals surface area contributed by atoms with Crippen molar-refractivity contribution >= 4 is 45.9 Å². The summed E-state index contributed by atoms with van der Waals surface area (Å²) < 4.78 is 1.11. The number of aliphatic hydroxyl groups is 1. The number of halogens is 1. The van der Waals surface area contributed by atoms with Crippen molar-refractivity contribution in [2.75, 3.05) is 16.9 Å². The second-order valence-electron chi connectivity index (χ2n) is 4.22. The van der Waals surface area contributed by atoms with Crippen LogP contribution in [0.4, 0.5) is 5.69 Å². The highest BCUT2D eigenvalue weighted by Gasteiger charge is 2.22. The molecule has 1 aromatic rings. The molecule has 0 aliphatic rings. The van der Waals surface area contributed by atoms with E-state index in [2.05, 4.69) is 40.4 Å². The topological polar surface area (TPSA) is 87.4 Å². The van der Waals surface area contributed by atoms with Crippen molar-refractivity contribution in [1.82, 2.24) is 5.43 Å². The Morgan fingerprint density at radius 2 is 2.10 bits per heavy atom. The van der Waals surface area contributed by atoms with Crippen molar-refractivity contribution in [2.24, 2.45) is 5.73 Å². The highest BCUT2D eigenvalue weighted by Crippen LogP contribution is 2.10. The molecule has 0 saturated heterocycles. The third-order valence-corrected chi connectivity index (χ3v) is 4.30. The molecule has 0 aromatic heterocycles. The van der Waals surface area contributed by atoms with Crippen LogP contribution < -0.4 is 16.6 Å². The van der Waals surface area contributed by atoms with Gasteiger partial charge in [0.25, 0.3) is 5.91 Å². The Labute approximate surface area is 137 Å². The van der Waals surface area contributed by atoms with Gasteiger partial charge in [0.05, 0.1) is 5.69 Å². The Hall–Kier alpha value is -0.510. The second kappa shape index (κ2) is 9.43. The molecule has 0 fully saturated rings. The monoisotopic (exact) mass is 409 g/mol. The van der Waals surface area contributed by atoms with Crippen molar-refractivity contribution in [3.63, 3.8) is 0 Å². The summed E-state index contributed by atoms with van der Waals surface area (Å²) in [4.78, 5) is 11.7. The van der Waals surface area contributed by atoms with E-state index in [4.69, 9.17) is 5.73 Å². The molecule has 1 amide bonds. The molecule has 0 bridgehead atoms. The fraction of sp³-hybridized carbons (Fsp3) is 0.462. The lowest BCUT2D eigenvalue weighted by Crippen LogP contribution is -2.48. The lowest BCUT2D eigenvalue weighted by Gasteiger charge is -2.18. The summed E-state index contributed by atoms with van der Waals surface area (Å²) in [5.41, 5.74) is 11.8. The predicted octanol–water partition coefficient (Wildman–Crippen LogP) is 1.57. The number of rotatable bonds is 8. The average molecular weight is 409 g/mol. The van der Waals surface area contributed by atoms with Gasteiger partial charge in [0.1, 0.15) is 6.10 Å². The summed E-state index contributed by atoms with van der Waals surface area (Å²) in [6.07, 6.45) is -0.597. The van der Waals surface area contributed by atoms with Gasteiger partial charge in [0.2, 0.25) is 0 Å². The number of hydrogen-bond acceptors (Lipinski definition) is 5. The minimum absolute atomic E-state index is 0.516. The first-order valence-electron chi connectivity index (χ1n) is 6.37. The normalized spacial score (nSPS) is 13.6. The number of benzene rings is 1. The lowest BCUT2D eigenvalue weighted by molar-refractivity contribution is -0.129. The van der Waals surface area contributed by atoms with E-state index >= 15 is 0 Å². The van der Waals surface area contributed by atoms with Crippen LogP contribution in [0.15, 0.2) is 24.3 Å². The molecule has 20 heavy (non-hydrogen) atoms. The van der Waals surface area contributed by atoms with Gasteiger partial charge in [0.15, 0.2) is 0 Å². The zero-order chi connectivity index (χ0) is 15.0. The van der Waals surface area contributed by atoms with Crippen LogP contribution in [0.1, 0.15) is 13.3 Å². The van der Waals surface area contributed by atoms with Crippen LogP contribution in [0.3, 0.4) is 0 Å². The smallest absolute Gasteiger partial charge is 0.268 e. The van der Waals surface area contributed by atoms with Gasteiger partial charge < -0.3 is 10.8 Å². The van der Waals surface area contributed by atoms with Gasteiger partial charge in [0, 0.05) is 9.61 Å². The molecule has 112 valence electrons. The molecule has 0 aliphatic heterocycles. The molecule has 5 N–H and O–H groups in total. The number of hydrogen-bond donors (Lipinski definition) is 4. The summed E-state index contributed by atoms with van der Waals surface area (Å²) in [7, 11) is 0. The standard InChI is InChI=1S/C13H20IN3O2S/c1-2-20-8-7-11(15)12(18)13(19)17-16-10-5-3-9(14)4-6-10/h3-6,11-12,16,18H,2,7-8,15H2,1H3,(H,17,19). The van der Waals surface area contributed by atoms with Crippen LogP contribution >= 0.6 is 34.4 Å². The number of hydrazine groups is 1. The lowest BCUT2D eigenvalue weighted by atomic mass is 10.1.